The van der Waals surface area contributed by atoms with E-state index in [0.717, 1.165) is 10.5 Å². The normalized spacial score (nSPS) is 20.1. The third kappa shape index (κ3) is 2.74. The third-order valence-electron chi connectivity index (χ3n) is 4.05. The van der Waals surface area contributed by atoms with E-state index < -0.39 is 30.0 Å². The van der Waals surface area contributed by atoms with Crippen LogP contribution in [0.25, 0.3) is 0 Å². The number of amides is 3. The van der Waals surface area contributed by atoms with Crippen LogP contribution in [0, 0.1) is 0 Å². The zero-order valence-corrected chi connectivity index (χ0v) is 12.8. The molecule has 2 aromatic carbocycles. The first-order valence-electron chi connectivity index (χ1n) is 7.48. The van der Waals surface area contributed by atoms with Crippen molar-refractivity contribution in [1.29, 1.82) is 0 Å². The number of carboxylic acid groups (broad SMARTS) is 1. The van der Waals surface area contributed by atoms with Gasteiger partial charge in [0.15, 0.2) is 5.54 Å². The maximum absolute atomic E-state index is 13.0. The molecule has 0 aliphatic carbocycles. The lowest BCUT2D eigenvalue weighted by Gasteiger charge is -2.27. The molecule has 1 atom stereocenters. The molecule has 0 spiro atoms. The number of hydrogen-bond acceptors (Lipinski definition) is 3. The average Bonchev–Trinajstić information content (AvgIpc) is 2.81. The summed E-state index contributed by atoms with van der Waals surface area (Å²) in [5.74, 6) is -1.79. The number of imide groups is 1. The summed E-state index contributed by atoms with van der Waals surface area (Å²) in [5, 5.41) is 11.7. The first-order chi connectivity index (χ1) is 11.5. The lowest BCUT2D eigenvalue weighted by atomic mass is 9.83. The molecule has 1 unspecified atom stereocenters. The number of carbonyl (C=O) groups excluding carboxylic acids is 2. The Morgan fingerprint density at radius 3 is 2.17 bits per heavy atom. The maximum Gasteiger partial charge on any atom is 0.325 e. The Balaban J connectivity index is 2.05. The lowest BCUT2D eigenvalue weighted by Crippen LogP contribution is -2.46. The summed E-state index contributed by atoms with van der Waals surface area (Å²) in [6, 6.07) is 17.5. The van der Waals surface area contributed by atoms with Crippen LogP contribution in [0.3, 0.4) is 0 Å². The minimum absolute atomic E-state index is 0.249. The number of carboxylic acids is 1. The van der Waals surface area contributed by atoms with Crippen LogP contribution in [0.1, 0.15) is 11.1 Å². The molecule has 0 aromatic heterocycles. The van der Waals surface area contributed by atoms with Gasteiger partial charge in [0.1, 0.15) is 6.54 Å². The molecule has 6 heteroatoms. The molecular weight excluding hydrogens is 308 g/mol. The first kappa shape index (κ1) is 15.7. The topological polar surface area (TPSA) is 86.7 Å². The Hall–Kier alpha value is -3.15. The summed E-state index contributed by atoms with van der Waals surface area (Å²) in [6.07, 6.45) is 0.249. The fourth-order valence-electron chi connectivity index (χ4n) is 2.95. The van der Waals surface area contributed by atoms with Crippen LogP contribution in [0.15, 0.2) is 60.7 Å². The van der Waals surface area contributed by atoms with Crippen LogP contribution >= 0.6 is 0 Å². The van der Waals surface area contributed by atoms with Gasteiger partial charge in [-0.05, 0) is 11.1 Å². The number of rotatable bonds is 5. The van der Waals surface area contributed by atoms with Gasteiger partial charge in [0.25, 0.3) is 5.91 Å². The molecule has 3 rings (SSSR count). The van der Waals surface area contributed by atoms with E-state index >= 15 is 0 Å². The number of carbonyl (C=O) groups is 3. The van der Waals surface area contributed by atoms with Gasteiger partial charge in [-0.25, -0.2) is 4.79 Å². The van der Waals surface area contributed by atoms with Crippen LogP contribution in [-0.2, 0) is 21.5 Å². The number of aliphatic carboxylic acids is 1. The second-order valence-electron chi connectivity index (χ2n) is 5.65. The Bertz CT molecular complexity index is 776. The van der Waals surface area contributed by atoms with Crippen LogP contribution < -0.4 is 5.32 Å². The Morgan fingerprint density at radius 1 is 1.00 bits per heavy atom. The SMILES string of the molecule is O=C(O)CN1C(=O)NC(Cc2ccccc2)(c2ccccc2)C1=O. The van der Waals surface area contributed by atoms with Gasteiger partial charge in [0.05, 0.1) is 0 Å². The molecule has 1 saturated heterocycles. The van der Waals surface area contributed by atoms with Gasteiger partial charge in [-0.3, -0.25) is 14.5 Å². The van der Waals surface area contributed by atoms with Crippen molar-refractivity contribution in [2.24, 2.45) is 0 Å². The van der Waals surface area contributed by atoms with Gasteiger partial charge in [0, 0.05) is 6.42 Å². The minimum atomic E-state index is -1.30. The minimum Gasteiger partial charge on any atom is -0.480 e. The number of nitrogens with zero attached hydrogens (tertiary/aromatic N) is 1. The van der Waals surface area contributed by atoms with E-state index in [1.807, 2.05) is 36.4 Å². The first-order valence-corrected chi connectivity index (χ1v) is 7.48. The van der Waals surface area contributed by atoms with Crippen molar-refractivity contribution in [3.05, 3.63) is 71.8 Å². The lowest BCUT2D eigenvalue weighted by molar-refractivity contribution is -0.143. The summed E-state index contributed by atoms with van der Waals surface area (Å²) in [4.78, 5) is 36.9. The maximum atomic E-state index is 13.0. The van der Waals surface area contributed by atoms with Crippen molar-refractivity contribution in [2.75, 3.05) is 6.54 Å². The molecular formula is C18H16N2O4. The van der Waals surface area contributed by atoms with Crippen molar-refractivity contribution in [3.63, 3.8) is 0 Å². The second-order valence-corrected chi connectivity index (χ2v) is 5.65. The van der Waals surface area contributed by atoms with Crippen LogP contribution in [0.5, 0.6) is 0 Å². The molecule has 1 aliphatic rings. The van der Waals surface area contributed by atoms with E-state index in [-0.39, 0.29) is 6.42 Å². The average molecular weight is 324 g/mol. The molecule has 1 aliphatic heterocycles. The number of benzene rings is 2. The molecule has 2 N–H and O–H groups in total. The fourth-order valence-corrected chi connectivity index (χ4v) is 2.95. The van der Waals surface area contributed by atoms with Gasteiger partial charge in [-0.2, -0.15) is 0 Å². The fraction of sp³-hybridized carbons (Fsp3) is 0.167. The molecule has 1 heterocycles. The number of hydrogen-bond donors (Lipinski definition) is 2. The molecule has 1 fully saturated rings. The van der Waals surface area contributed by atoms with Crippen molar-refractivity contribution >= 4 is 17.9 Å². The highest BCUT2D eigenvalue weighted by Gasteiger charge is 2.52. The van der Waals surface area contributed by atoms with Crippen molar-refractivity contribution < 1.29 is 19.5 Å². The van der Waals surface area contributed by atoms with Crippen LogP contribution in [-0.4, -0.2) is 34.5 Å². The molecule has 0 bridgehead atoms. The van der Waals surface area contributed by atoms with Gasteiger partial charge in [0.2, 0.25) is 0 Å². The smallest absolute Gasteiger partial charge is 0.325 e. The van der Waals surface area contributed by atoms with Crippen LogP contribution in [0.2, 0.25) is 0 Å². The highest BCUT2D eigenvalue weighted by molar-refractivity contribution is 6.09. The summed E-state index contributed by atoms with van der Waals surface area (Å²) in [5.41, 5.74) is 0.196. The molecule has 0 saturated carbocycles. The standard InChI is InChI=1S/C18H16N2O4/c21-15(22)12-20-16(23)18(19-17(20)24,14-9-5-2-6-10-14)11-13-7-3-1-4-8-13/h1-10H,11-12H2,(H,19,24)(H,21,22). The van der Waals surface area contributed by atoms with Crippen molar-refractivity contribution in [2.45, 2.75) is 12.0 Å². The predicted molar refractivity (Wildman–Crippen MR) is 86.1 cm³/mol. The van der Waals surface area contributed by atoms with Gasteiger partial charge in [-0.15, -0.1) is 0 Å². The van der Waals surface area contributed by atoms with Gasteiger partial charge < -0.3 is 10.4 Å². The Kier molecular flexibility index (Phi) is 4.04. The van der Waals surface area contributed by atoms with Crippen molar-refractivity contribution in [3.8, 4) is 0 Å². The molecule has 0 radical (unpaired) electrons. The molecule has 122 valence electrons. The monoisotopic (exact) mass is 324 g/mol. The number of urea groups is 1. The van der Waals surface area contributed by atoms with Gasteiger partial charge >= 0.3 is 12.0 Å². The zero-order valence-electron chi connectivity index (χ0n) is 12.8. The summed E-state index contributed by atoms with van der Waals surface area (Å²) >= 11 is 0. The third-order valence-corrected chi connectivity index (χ3v) is 4.05. The van der Waals surface area contributed by atoms with E-state index in [4.69, 9.17) is 5.11 Å². The molecule has 24 heavy (non-hydrogen) atoms. The molecule has 2 aromatic rings. The Morgan fingerprint density at radius 2 is 1.58 bits per heavy atom. The Labute approximate surface area is 138 Å². The molecule has 3 amide bonds. The summed E-state index contributed by atoms with van der Waals surface area (Å²) in [6.45, 7) is -0.659. The summed E-state index contributed by atoms with van der Waals surface area (Å²) in [7, 11) is 0. The second kappa shape index (κ2) is 6.16. The zero-order chi connectivity index (χ0) is 17.2. The summed E-state index contributed by atoms with van der Waals surface area (Å²) < 4.78 is 0. The van der Waals surface area contributed by atoms with E-state index in [1.165, 1.54) is 0 Å². The van der Waals surface area contributed by atoms with Crippen molar-refractivity contribution in [1.82, 2.24) is 10.2 Å². The predicted octanol–water partition coefficient (Wildman–Crippen LogP) is 1.76. The van der Waals surface area contributed by atoms with E-state index in [0.29, 0.717) is 5.56 Å². The van der Waals surface area contributed by atoms with E-state index in [2.05, 4.69) is 5.32 Å². The van der Waals surface area contributed by atoms with Crippen LogP contribution in [0.4, 0.5) is 4.79 Å². The van der Waals surface area contributed by atoms with E-state index in [1.54, 1.807) is 24.3 Å². The highest BCUT2D eigenvalue weighted by Crippen LogP contribution is 2.32. The van der Waals surface area contributed by atoms with Gasteiger partial charge in [-0.1, -0.05) is 60.7 Å². The highest BCUT2D eigenvalue weighted by atomic mass is 16.4. The quantitative estimate of drug-likeness (QED) is 0.821. The molecule has 6 nitrogen and oxygen atoms in total. The van der Waals surface area contributed by atoms with E-state index in [9.17, 15) is 14.4 Å². The number of nitrogens with one attached hydrogen (secondary N) is 1. The largest absolute Gasteiger partial charge is 0.480 e.